The summed E-state index contributed by atoms with van der Waals surface area (Å²) in [7, 11) is 1.69. The Bertz CT molecular complexity index is 493. The predicted octanol–water partition coefficient (Wildman–Crippen LogP) is 1.52. The van der Waals surface area contributed by atoms with Crippen molar-refractivity contribution < 1.29 is 4.74 Å². The molecule has 0 aliphatic carbocycles. The number of tetrazole rings is 1. The number of hydrogen-bond acceptors (Lipinski definition) is 5. The minimum atomic E-state index is 0.188. The molecule has 6 nitrogen and oxygen atoms in total. The topological polar surface area (TPSA) is 78.8 Å². The maximum atomic E-state index is 5.67. The van der Waals surface area contributed by atoms with Crippen LogP contribution in [0.4, 0.5) is 5.69 Å². The normalized spacial score (nSPS) is 12.6. The van der Waals surface area contributed by atoms with Gasteiger partial charge in [-0.3, -0.25) is 0 Å². The van der Waals surface area contributed by atoms with Crippen LogP contribution in [0.2, 0.25) is 0 Å². The van der Waals surface area contributed by atoms with Gasteiger partial charge in [-0.2, -0.15) is 0 Å². The lowest BCUT2D eigenvalue weighted by Crippen LogP contribution is -2.11. The predicted molar refractivity (Wildman–Crippen MR) is 68.9 cm³/mol. The number of nitrogens with zero attached hydrogens (tertiary/aromatic N) is 4. The van der Waals surface area contributed by atoms with Crippen molar-refractivity contribution in [3.63, 3.8) is 0 Å². The van der Waals surface area contributed by atoms with Gasteiger partial charge in [-0.05, 0) is 48.0 Å². The molecule has 1 aromatic heterocycles. The number of anilines is 1. The average Bonchev–Trinajstić information content (AvgIpc) is 2.86. The second kappa shape index (κ2) is 5.59. The molecule has 1 heterocycles. The largest absolute Gasteiger partial charge is 0.399 e. The molecule has 2 N–H and O–H groups in total. The van der Waals surface area contributed by atoms with E-state index in [0.29, 0.717) is 6.61 Å². The van der Waals surface area contributed by atoms with Gasteiger partial charge in [0, 0.05) is 25.0 Å². The number of aromatic nitrogens is 4. The Kier molecular flexibility index (Phi) is 3.88. The van der Waals surface area contributed by atoms with E-state index in [1.54, 1.807) is 7.11 Å². The molecule has 1 atom stereocenters. The van der Waals surface area contributed by atoms with Gasteiger partial charge < -0.3 is 10.5 Å². The number of hydrogen-bond donors (Lipinski definition) is 1. The Morgan fingerprint density at radius 3 is 2.72 bits per heavy atom. The summed E-state index contributed by atoms with van der Waals surface area (Å²) in [6.07, 6.45) is 0.865. The van der Waals surface area contributed by atoms with E-state index in [1.165, 1.54) is 0 Å². The standard InChI is InChI=1S/C12H17N5O/c1-9(7-8-18-2)17-12(14-15-16-17)10-3-5-11(13)6-4-10/h3-6,9H,7-8,13H2,1-2H3. The summed E-state index contributed by atoms with van der Waals surface area (Å²) in [6.45, 7) is 2.75. The lowest BCUT2D eigenvalue weighted by atomic mass is 10.2. The van der Waals surface area contributed by atoms with E-state index >= 15 is 0 Å². The molecule has 0 saturated heterocycles. The first-order valence-electron chi connectivity index (χ1n) is 5.85. The SMILES string of the molecule is COCCC(C)n1nnnc1-c1ccc(N)cc1. The highest BCUT2D eigenvalue weighted by molar-refractivity contribution is 5.58. The van der Waals surface area contributed by atoms with Crippen LogP contribution in [-0.2, 0) is 4.74 Å². The van der Waals surface area contributed by atoms with Crippen molar-refractivity contribution in [2.45, 2.75) is 19.4 Å². The van der Waals surface area contributed by atoms with E-state index < -0.39 is 0 Å². The van der Waals surface area contributed by atoms with Crippen molar-refractivity contribution in [2.75, 3.05) is 19.5 Å². The van der Waals surface area contributed by atoms with Crippen LogP contribution in [0.5, 0.6) is 0 Å². The molecule has 2 aromatic rings. The molecule has 0 amide bonds. The second-order valence-corrected chi connectivity index (χ2v) is 4.20. The molecule has 0 bridgehead atoms. The van der Waals surface area contributed by atoms with Crippen molar-refractivity contribution >= 4 is 5.69 Å². The number of nitrogens with two attached hydrogens (primary N) is 1. The van der Waals surface area contributed by atoms with Crippen LogP contribution in [-0.4, -0.2) is 33.9 Å². The van der Waals surface area contributed by atoms with Crippen LogP contribution >= 0.6 is 0 Å². The van der Waals surface area contributed by atoms with E-state index in [9.17, 15) is 0 Å². The van der Waals surface area contributed by atoms with Crippen LogP contribution < -0.4 is 5.73 Å². The quantitative estimate of drug-likeness (QED) is 0.810. The fourth-order valence-corrected chi connectivity index (χ4v) is 1.72. The van der Waals surface area contributed by atoms with Crippen molar-refractivity contribution in [1.29, 1.82) is 0 Å². The minimum Gasteiger partial charge on any atom is -0.399 e. The third kappa shape index (κ3) is 2.65. The molecule has 96 valence electrons. The van der Waals surface area contributed by atoms with Gasteiger partial charge in [0.05, 0.1) is 6.04 Å². The van der Waals surface area contributed by atoms with Gasteiger partial charge in [0.15, 0.2) is 5.82 Å². The van der Waals surface area contributed by atoms with E-state index in [4.69, 9.17) is 10.5 Å². The summed E-state index contributed by atoms with van der Waals surface area (Å²) in [4.78, 5) is 0. The van der Waals surface area contributed by atoms with Crippen LogP contribution in [0.1, 0.15) is 19.4 Å². The van der Waals surface area contributed by atoms with Gasteiger partial charge in [-0.25, -0.2) is 4.68 Å². The molecule has 0 radical (unpaired) electrons. The third-order valence-corrected chi connectivity index (χ3v) is 2.82. The highest BCUT2D eigenvalue weighted by Gasteiger charge is 2.14. The van der Waals surface area contributed by atoms with Crippen LogP contribution in [0.3, 0.4) is 0 Å². The summed E-state index contributed by atoms with van der Waals surface area (Å²) in [6, 6.07) is 7.70. The number of ether oxygens (including phenoxy) is 1. The molecule has 0 aliphatic heterocycles. The first kappa shape index (κ1) is 12.5. The molecular weight excluding hydrogens is 230 g/mol. The molecule has 2 rings (SSSR count). The molecule has 0 aliphatic rings. The zero-order chi connectivity index (χ0) is 13.0. The highest BCUT2D eigenvalue weighted by atomic mass is 16.5. The molecule has 18 heavy (non-hydrogen) atoms. The van der Waals surface area contributed by atoms with Gasteiger partial charge >= 0.3 is 0 Å². The van der Waals surface area contributed by atoms with E-state index in [2.05, 4.69) is 22.4 Å². The zero-order valence-electron chi connectivity index (χ0n) is 10.6. The third-order valence-electron chi connectivity index (χ3n) is 2.82. The maximum absolute atomic E-state index is 5.67. The Balaban J connectivity index is 2.24. The van der Waals surface area contributed by atoms with Crippen molar-refractivity contribution in [3.05, 3.63) is 24.3 Å². The summed E-state index contributed by atoms with van der Waals surface area (Å²) in [5, 5.41) is 11.8. The maximum Gasteiger partial charge on any atom is 0.182 e. The van der Waals surface area contributed by atoms with E-state index in [1.807, 2.05) is 28.9 Å². The van der Waals surface area contributed by atoms with Gasteiger partial charge in [-0.15, -0.1) is 5.10 Å². The Morgan fingerprint density at radius 2 is 2.06 bits per heavy atom. The zero-order valence-corrected chi connectivity index (χ0v) is 10.6. The monoisotopic (exact) mass is 247 g/mol. The van der Waals surface area contributed by atoms with Gasteiger partial charge in [-0.1, -0.05) is 0 Å². The average molecular weight is 247 g/mol. The van der Waals surface area contributed by atoms with E-state index in [0.717, 1.165) is 23.5 Å². The van der Waals surface area contributed by atoms with Gasteiger partial charge in [0.25, 0.3) is 0 Å². The number of methoxy groups -OCH3 is 1. The smallest absolute Gasteiger partial charge is 0.182 e. The van der Waals surface area contributed by atoms with Crippen LogP contribution in [0, 0.1) is 0 Å². The fraction of sp³-hybridized carbons (Fsp3) is 0.417. The van der Waals surface area contributed by atoms with Crippen molar-refractivity contribution in [3.8, 4) is 11.4 Å². The van der Waals surface area contributed by atoms with Crippen LogP contribution in [0.25, 0.3) is 11.4 Å². The first-order valence-corrected chi connectivity index (χ1v) is 5.85. The first-order chi connectivity index (χ1) is 8.72. The Labute approximate surface area is 106 Å². The summed E-state index contributed by atoms with van der Waals surface area (Å²) in [5.74, 6) is 0.749. The molecule has 1 aromatic carbocycles. The number of nitrogen functional groups attached to an aromatic ring is 1. The van der Waals surface area contributed by atoms with Crippen LogP contribution in [0.15, 0.2) is 24.3 Å². The lowest BCUT2D eigenvalue weighted by molar-refractivity contribution is 0.178. The Hall–Kier alpha value is -1.95. The molecule has 0 saturated carbocycles. The van der Waals surface area contributed by atoms with Gasteiger partial charge in [0.2, 0.25) is 0 Å². The molecule has 0 spiro atoms. The Morgan fingerprint density at radius 1 is 1.33 bits per heavy atom. The van der Waals surface area contributed by atoms with Gasteiger partial charge in [0.1, 0.15) is 0 Å². The molecular formula is C12H17N5O. The molecule has 6 heteroatoms. The van der Waals surface area contributed by atoms with Crippen molar-refractivity contribution in [2.24, 2.45) is 0 Å². The summed E-state index contributed by atoms with van der Waals surface area (Å²) < 4.78 is 6.88. The highest BCUT2D eigenvalue weighted by Crippen LogP contribution is 2.21. The fourth-order valence-electron chi connectivity index (χ4n) is 1.72. The number of rotatable bonds is 5. The van der Waals surface area contributed by atoms with E-state index in [-0.39, 0.29) is 6.04 Å². The summed E-state index contributed by atoms with van der Waals surface area (Å²) in [5.41, 5.74) is 7.35. The number of benzene rings is 1. The minimum absolute atomic E-state index is 0.188. The second-order valence-electron chi connectivity index (χ2n) is 4.20. The summed E-state index contributed by atoms with van der Waals surface area (Å²) >= 11 is 0. The molecule has 0 fully saturated rings. The molecule has 1 unspecified atom stereocenters. The van der Waals surface area contributed by atoms with Crippen molar-refractivity contribution in [1.82, 2.24) is 20.2 Å². The lowest BCUT2D eigenvalue weighted by Gasteiger charge is -2.12.